The first-order valence-corrected chi connectivity index (χ1v) is 8.47. The number of hydrogen-bond acceptors (Lipinski definition) is 4. The molecular formula is C18H23FN4O2. The highest BCUT2D eigenvalue weighted by atomic mass is 19.1. The highest BCUT2D eigenvalue weighted by Gasteiger charge is 2.43. The van der Waals surface area contributed by atoms with Crippen molar-refractivity contribution in [3.8, 4) is 5.75 Å². The van der Waals surface area contributed by atoms with Gasteiger partial charge < -0.3 is 15.0 Å². The number of aromatic nitrogens is 2. The third-order valence-electron chi connectivity index (χ3n) is 4.64. The summed E-state index contributed by atoms with van der Waals surface area (Å²) in [6.07, 6.45) is 4.91. The molecule has 2 heterocycles. The van der Waals surface area contributed by atoms with Crippen LogP contribution in [-0.4, -0.2) is 53.9 Å². The predicted octanol–water partition coefficient (Wildman–Crippen LogP) is 1.64. The first-order chi connectivity index (χ1) is 12.1. The largest absolute Gasteiger partial charge is 0.489 e. The Bertz CT molecular complexity index is 699. The van der Waals surface area contributed by atoms with Crippen molar-refractivity contribution in [3.05, 3.63) is 48.5 Å². The van der Waals surface area contributed by atoms with Gasteiger partial charge in [0.1, 0.15) is 12.1 Å². The summed E-state index contributed by atoms with van der Waals surface area (Å²) in [5, 5.41) is 7.60. The van der Waals surface area contributed by atoms with Gasteiger partial charge in [0.05, 0.1) is 6.54 Å². The molecular weight excluding hydrogens is 323 g/mol. The molecule has 3 rings (SSSR count). The highest BCUT2D eigenvalue weighted by molar-refractivity contribution is 5.84. The van der Waals surface area contributed by atoms with Crippen LogP contribution in [0.25, 0.3) is 0 Å². The molecule has 1 amide bonds. The minimum absolute atomic E-state index is 0.00911. The van der Waals surface area contributed by atoms with Crippen LogP contribution in [0.1, 0.15) is 12.8 Å². The average Bonchev–Trinajstić information content (AvgIpc) is 3.18. The molecule has 0 unspecified atom stereocenters. The van der Waals surface area contributed by atoms with E-state index in [1.54, 1.807) is 41.0 Å². The van der Waals surface area contributed by atoms with Gasteiger partial charge in [-0.2, -0.15) is 5.10 Å². The van der Waals surface area contributed by atoms with E-state index in [9.17, 15) is 9.18 Å². The molecule has 1 aliphatic rings. The zero-order chi connectivity index (χ0) is 17.7. The van der Waals surface area contributed by atoms with Gasteiger partial charge in [-0.15, -0.1) is 0 Å². The standard InChI is InChI=1S/C18H23FN4O2/c1-22(13-14-25-16-6-3-2-5-15(16)19)17(24)18(7-10-20-11-8-18)23-12-4-9-21-23/h2-6,9,12,20H,7-8,10-11,13-14H2,1H3. The molecule has 1 saturated heterocycles. The zero-order valence-corrected chi connectivity index (χ0v) is 14.3. The van der Waals surface area contributed by atoms with Crippen molar-refractivity contribution >= 4 is 5.91 Å². The van der Waals surface area contributed by atoms with Gasteiger partial charge in [-0.1, -0.05) is 12.1 Å². The molecule has 0 spiro atoms. The summed E-state index contributed by atoms with van der Waals surface area (Å²) >= 11 is 0. The minimum atomic E-state index is -0.665. The second kappa shape index (κ2) is 7.65. The van der Waals surface area contributed by atoms with Gasteiger partial charge in [-0.3, -0.25) is 9.48 Å². The molecule has 6 nitrogen and oxygen atoms in total. The molecule has 2 aromatic rings. The van der Waals surface area contributed by atoms with Crippen molar-refractivity contribution in [1.82, 2.24) is 20.0 Å². The lowest BCUT2D eigenvalue weighted by Crippen LogP contribution is -2.55. The number of benzene rings is 1. The third-order valence-corrected chi connectivity index (χ3v) is 4.64. The summed E-state index contributed by atoms with van der Waals surface area (Å²) in [6, 6.07) is 8.09. The number of hydrogen-bond donors (Lipinski definition) is 1. The average molecular weight is 346 g/mol. The number of amides is 1. The van der Waals surface area contributed by atoms with Gasteiger partial charge in [-0.25, -0.2) is 4.39 Å². The van der Waals surface area contributed by atoms with E-state index in [2.05, 4.69) is 10.4 Å². The van der Waals surface area contributed by atoms with Crippen molar-refractivity contribution in [1.29, 1.82) is 0 Å². The summed E-state index contributed by atoms with van der Waals surface area (Å²) in [6.45, 7) is 2.15. The van der Waals surface area contributed by atoms with Gasteiger partial charge in [0, 0.05) is 19.4 Å². The number of para-hydroxylation sites is 1. The summed E-state index contributed by atoms with van der Waals surface area (Å²) in [5.74, 6) is -0.190. The second-order valence-electron chi connectivity index (χ2n) is 6.24. The van der Waals surface area contributed by atoms with Gasteiger partial charge in [0.2, 0.25) is 0 Å². The van der Waals surface area contributed by atoms with E-state index < -0.39 is 11.4 Å². The van der Waals surface area contributed by atoms with E-state index in [0.29, 0.717) is 19.4 Å². The van der Waals surface area contributed by atoms with E-state index in [1.165, 1.54) is 6.07 Å². The molecule has 0 aliphatic carbocycles. The molecule has 0 atom stereocenters. The number of halogens is 1. The fourth-order valence-electron chi connectivity index (χ4n) is 3.21. The lowest BCUT2D eigenvalue weighted by atomic mass is 9.87. The summed E-state index contributed by atoms with van der Waals surface area (Å²) in [4.78, 5) is 14.8. The van der Waals surface area contributed by atoms with Crippen molar-refractivity contribution in [2.45, 2.75) is 18.4 Å². The molecule has 134 valence electrons. The van der Waals surface area contributed by atoms with Crippen LogP contribution in [0.5, 0.6) is 5.75 Å². The smallest absolute Gasteiger partial charge is 0.250 e. The van der Waals surface area contributed by atoms with E-state index in [0.717, 1.165) is 13.1 Å². The molecule has 25 heavy (non-hydrogen) atoms. The van der Waals surface area contributed by atoms with Crippen LogP contribution >= 0.6 is 0 Å². The summed E-state index contributed by atoms with van der Waals surface area (Å²) in [7, 11) is 1.75. The van der Waals surface area contributed by atoms with Crippen LogP contribution in [0.15, 0.2) is 42.7 Å². The fourth-order valence-corrected chi connectivity index (χ4v) is 3.21. The Morgan fingerprint density at radius 1 is 1.36 bits per heavy atom. The van der Waals surface area contributed by atoms with Gasteiger partial charge in [-0.05, 0) is 44.1 Å². The normalized spacial score (nSPS) is 16.4. The molecule has 0 bridgehead atoms. The quantitative estimate of drug-likeness (QED) is 0.864. The summed E-state index contributed by atoms with van der Waals surface area (Å²) in [5.41, 5.74) is -0.665. The molecule has 1 fully saturated rings. The zero-order valence-electron chi connectivity index (χ0n) is 14.3. The Morgan fingerprint density at radius 2 is 2.12 bits per heavy atom. The first-order valence-electron chi connectivity index (χ1n) is 8.47. The number of rotatable bonds is 6. The maximum absolute atomic E-state index is 13.6. The number of likely N-dealkylation sites (N-methyl/N-ethyl adjacent to an activating group) is 1. The molecule has 1 N–H and O–H groups in total. The number of nitrogens with zero attached hydrogens (tertiary/aromatic N) is 3. The lowest BCUT2D eigenvalue weighted by Gasteiger charge is -2.39. The number of carbonyl (C=O) groups excluding carboxylic acids is 1. The number of nitrogens with one attached hydrogen (secondary N) is 1. The van der Waals surface area contributed by atoms with Gasteiger partial charge >= 0.3 is 0 Å². The van der Waals surface area contributed by atoms with Crippen LogP contribution in [0, 0.1) is 5.82 Å². The van der Waals surface area contributed by atoms with Crippen LogP contribution in [0.2, 0.25) is 0 Å². The van der Waals surface area contributed by atoms with Crippen LogP contribution in [0.3, 0.4) is 0 Å². The molecule has 0 saturated carbocycles. The Hall–Kier alpha value is -2.41. The molecule has 0 radical (unpaired) electrons. The third kappa shape index (κ3) is 3.66. The Labute approximate surface area is 146 Å². The second-order valence-corrected chi connectivity index (χ2v) is 6.24. The molecule has 1 aromatic carbocycles. The Morgan fingerprint density at radius 3 is 2.80 bits per heavy atom. The van der Waals surface area contributed by atoms with Crippen molar-refractivity contribution in [3.63, 3.8) is 0 Å². The van der Waals surface area contributed by atoms with E-state index in [4.69, 9.17) is 4.74 Å². The van der Waals surface area contributed by atoms with E-state index in [-0.39, 0.29) is 18.3 Å². The Kier molecular flexibility index (Phi) is 5.33. The summed E-state index contributed by atoms with van der Waals surface area (Å²) < 4.78 is 20.8. The topological polar surface area (TPSA) is 59.4 Å². The predicted molar refractivity (Wildman–Crippen MR) is 91.8 cm³/mol. The lowest BCUT2D eigenvalue weighted by molar-refractivity contribution is -0.142. The highest BCUT2D eigenvalue weighted by Crippen LogP contribution is 2.29. The number of carbonyl (C=O) groups is 1. The minimum Gasteiger partial charge on any atom is -0.489 e. The van der Waals surface area contributed by atoms with Crippen LogP contribution in [0.4, 0.5) is 4.39 Å². The van der Waals surface area contributed by atoms with E-state index >= 15 is 0 Å². The van der Waals surface area contributed by atoms with Crippen molar-refractivity contribution in [2.75, 3.05) is 33.3 Å². The van der Waals surface area contributed by atoms with Crippen LogP contribution < -0.4 is 10.1 Å². The first kappa shape index (κ1) is 17.4. The monoisotopic (exact) mass is 346 g/mol. The van der Waals surface area contributed by atoms with Gasteiger partial charge in [0.25, 0.3) is 5.91 Å². The molecule has 1 aliphatic heterocycles. The molecule has 1 aromatic heterocycles. The van der Waals surface area contributed by atoms with Gasteiger partial charge in [0.15, 0.2) is 11.6 Å². The van der Waals surface area contributed by atoms with Crippen molar-refractivity contribution < 1.29 is 13.9 Å². The van der Waals surface area contributed by atoms with Crippen molar-refractivity contribution in [2.24, 2.45) is 0 Å². The number of ether oxygens (including phenoxy) is 1. The van der Waals surface area contributed by atoms with Crippen LogP contribution in [-0.2, 0) is 10.3 Å². The van der Waals surface area contributed by atoms with E-state index in [1.807, 2.05) is 12.3 Å². The SMILES string of the molecule is CN(CCOc1ccccc1F)C(=O)C1(n2cccn2)CCNCC1. The number of piperidine rings is 1. The fraction of sp³-hybridized carbons (Fsp3) is 0.444. The maximum Gasteiger partial charge on any atom is 0.250 e. The Balaban J connectivity index is 1.65. The maximum atomic E-state index is 13.6. The molecule has 7 heteroatoms.